The van der Waals surface area contributed by atoms with Gasteiger partial charge in [0.05, 0.1) is 138 Å². The second kappa shape index (κ2) is 24.0. The van der Waals surface area contributed by atoms with Crippen molar-refractivity contribution in [1.82, 2.24) is 59.3 Å². The van der Waals surface area contributed by atoms with Crippen LogP contribution in [-0.2, 0) is 94.0 Å². The molecule has 0 aliphatic carbocycles. The Labute approximate surface area is 514 Å². The Balaban J connectivity index is 0.000000152. The summed E-state index contributed by atoms with van der Waals surface area (Å²) in [5.74, 6) is 0. The first kappa shape index (κ1) is 59.5. The summed E-state index contributed by atoms with van der Waals surface area (Å²) in [6, 6.07) is 26.1. The third-order valence-electron chi connectivity index (χ3n) is 12.1. The van der Waals surface area contributed by atoms with Crippen LogP contribution in [0.2, 0.25) is 0 Å². The summed E-state index contributed by atoms with van der Waals surface area (Å²) in [4.78, 5) is 71.7. The van der Waals surface area contributed by atoms with Gasteiger partial charge in [-0.05, 0) is 36.4 Å². The summed E-state index contributed by atoms with van der Waals surface area (Å²) in [6.07, 6.45) is 8.89. The second-order valence-electron chi connectivity index (χ2n) is 17.0. The van der Waals surface area contributed by atoms with E-state index in [-0.39, 0.29) is 53.6 Å². The van der Waals surface area contributed by atoms with Crippen molar-refractivity contribution in [3.8, 4) is 0 Å². The molecule has 426 valence electrons. The van der Waals surface area contributed by atoms with E-state index in [1.165, 1.54) is 154 Å². The van der Waals surface area contributed by atoms with Crippen LogP contribution in [0.4, 0.5) is 34.1 Å². The molecule has 0 amide bonds. The maximum absolute atomic E-state index is 11.0. The smallest absolute Gasteiger partial charge is 0.258 e. The predicted octanol–water partition coefficient (Wildman–Crippen LogP) is 2.94. The van der Waals surface area contributed by atoms with Crippen LogP contribution in [-0.4, -0.2) is 102 Å². The number of nitro groups is 6. The van der Waals surface area contributed by atoms with Gasteiger partial charge < -0.3 is 0 Å². The van der Waals surface area contributed by atoms with Crippen LogP contribution in [0.1, 0.15) is 0 Å². The van der Waals surface area contributed by atoms with Crippen molar-refractivity contribution in [2.75, 3.05) is 15.4 Å². The molecule has 0 fully saturated rings. The molecule has 40 heteroatoms. The number of aromatic nitrogens is 12. The summed E-state index contributed by atoms with van der Waals surface area (Å²) in [6.45, 7) is 0. The number of benzene rings is 6. The van der Waals surface area contributed by atoms with Gasteiger partial charge in [0.2, 0.25) is 36.7 Å². The summed E-state index contributed by atoms with van der Waals surface area (Å²) >= 11 is 23.1. The van der Waals surface area contributed by atoms with Gasteiger partial charge in [-0.15, -0.1) is 28.7 Å². The molecule has 0 saturated carbocycles. The van der Waals surface area contributed by atoms with Crippen LogP contribution in [0.15, 0.2) is 146 Å². The number of hydrogen-bond donors (Lipinski definition) is 0. The van der Waals surface area contributed by atoms with Crippen LogP contribution in [0, 0.1) is 60.7 Å². The standard InChI is InChI=1S/3C15H9N7O4S2.Rh/c3*23-21(24)11-1-3-13-9(5-11)7-16-18(13)20(15(27)28)19-14-4-2-12(22(25)26)6-10(14)8-17-19;/h3*1-8H,(H,27,28);/q;;;+3/p+6. The van der Waals surface area contributed by atoms with Crippen molar-refractivity contribution in [3.63, 3.8) is 0 Å². The first-order chi connectivity index (χ1) is 40.1. The fraction of sp³-hybridized carbons (Fsp3) is 0. The molecule has 12 rings (SSSR count). The zero-order valence-electron chi connectivity index (χ0n) is 41.8. The largest absolute Gasteiger partial charge is 3.00 e. The van der Waals surface area contributed by atoms with Crippen molar-refractivity contribution in [1.29, 1.82) is 0 Å². The second-order valence-corrected chi connectivity index (χ2v) is 21.0. The Kier molecular flexibility index (Phi) is 16.8. The molecule has 85 heavy (non-hydrogen) atoms. The molecule has 6 heterocycles. The summed E-state index contributed by atoms with van der Waals surface area (Å²) in [7, 11) is 0. The Morgan fingerprint density at radius 3 is 0.576 bits per heavy atom. The number of fused-ring (bicyclic) bond motifs is 6. The zero-order chi connectivity index (χ0) is 60.0. The molecule has 0 aliphatic rings. The molecule has 6 aromatic heterocycles. The van der Waals surface area contributed by atoms with E-state index >= 15 is 0 Å². The summed E-state index contributed by atoms with van der Waals surface area (Å²) in [5, 5.41) is 99.2. The Hall–Kier alpha value is -10.1. The minimum atomic E-state index is -0.483. The molecule has 0 spiro atoms. The van der Waals surface area contributed by atoms with Crippen LogP contribution in [0.25, 0.3) is 65.4 Å². The first-order valence-corrected chi connectivity index (χ1v) is 25.9. The van der Waals surface area contributed by atoms with Crippen molar-refractivity contribution < 1.29 is 49.0 Å². The van der Waals surface area contributed by atoms with Crippen molar-refractivity contribution in [2.45, 2.75) is 0 Å². The van der Waals surface area contributed by atoms with E-state index in [0.29, 0.717) is 78.4 Å². The Morgan fingerprint density at radius 2 is 0.459 bits per heavy atom. The topological polar surface area (TPSA) is 375 Å². The average molecular weight is 1360 g/mol. The third kappa shape index (κ3) is 11.5. The van der Waals surface area contributed by atoms with Gasteiger partial charge in [0.25, 0.3) is 34.1 Å². The van der Waals surface area contributed by atoms with Crippen LogP contribution < -0.4 is 15.4 Å². The molecule has 0 saturated heterocycles. The monoisotopic (exact) mass is 1350 g/mol. The van der Waals surface area contributed by atoms with Crippen molar-refractivity contribution >= 4 is 187 Å². The van der Waals surface area contributed by atoms with Crippen LogP contribution in [0.5, 0.6) is 0 Å². The van der Waals surface area contributed by atoms with Gasteiger partial charge >= 0.3 is 32.4 Å². The van der Waals surface area contributed by atoms with E-state index < -0.39 is 29.5 Å². The molecule has 0 unspecified atom stereocenters. The number of rotatable bonds is 12. The van der Waals surface area contributed by atoms with E-state index in [4.69, 9.17) is 0 Å². The van der Waals surface area contributed by atoms with E-state index in [1.54, 1.807) is 36.4 Å². The fourth-order valence-corrected chi connectivity index (χ4v) is 9.48. The Bertz CT molecular complexity index is 4050. The molecule has 0 bridgehead atoms. The third-order valence-corrected chi connectivity index (χ3v) is 13.2. The summed E-state index contributed by atoms with van der Waals surface area (Å²) < 4.78 is 0.935. The Morgan fingerprint density at radius 1 is 0.318 bits per heavy atom. The van der Waals surface area contributed by atoms with Crippen LogP contribution in [0.3, 0.4) is 0 Å². The summed E-state index contributed by atoms with van der Waals surface area (Å²) in [5.41, 5.74) is 3.11. The molecule has 0 N–H and O–H groups in total. The molecule has 0 aliphatic heterocycles. The van der Waals surface area contributed by atoms with Gasteiger partial charge in [0.1, 0.15) is 0 Å². The van der Waals surface area contributed by atoms with E-state index in [1.807, 2.05) is 0 Å². The number of nitro benzene ring substituents is 6. The van der Waals surface area contributed by atoms with Gasteiger partial charge in [-0.3, -0.25) is 60.7 Å². The quantitative estimate of drug-likeness (QED) is 0.0424. The minimum absolute atomic E-state index is 0. The maximum Gasteiger partial charge on any atom is 3.00 e. The molecular weight excluding hydrogens is 1320 g/mol. The fourth-order valence-electron chi connectivity index (χ4n) is 8.41. The molecular formula is C45H33N21O12RhS6+9. The van der Waals surface area contributed by atoms with Gasteiger partial charge in [-0.25, -0.2) is 0 Å². The van der Waals surface area contributed by atoms with Gasteiger partial charge in [0.15, 0.2) is 0 Å². The zero-order valence-corrected chi connectivity index (χ0v) is 49.1. The maximum atomic E-state index is 11.0. The first-order valence-electron chi connectivity index (χ1n) is 23.1. The number of non-ortho nitro benzene ring substituents is 6. The van der Waals surface area contributed by atoms with E-state index in [2.05, 4.69) is 105 Å². The molecule has 6 aromatic carbocycles. The predicted molar refractivity (Wildman–Crippen MR) is 331 cm³/mol. The van der Waals surface area contributed by atoms with Crippen LogP contribution >= 0.6 is 0 Å². The molecule has 0 atom stereocenters. The molecule has 0 radical (unpaired) electrons. The van der Waals surface area contributed by atoms with Gasteiger partial charge in [-0.1, -0.05) is 15.4 Å². The minimum Gasteiger partial charge on any atom is -0.258 e. The molecule has 33 nitrogen and oxygen atoms in total. The van der Waals surface area contributed by atoms with Crippen molar-refractivity contribution in [3.05, 3.63) is 207 Å². The normalized spacial score (nSPS) is 10.9. The van der Waals surface area contributed by atoms with E-state index in [9.17, 15) is 60.7 Å². The average Bonchev–Trinajstić information content (AvgIpc) is 3.79. The number of thiol groups is 3. The molecule has 12 aromatic rings. The number of hydrogen-bond acceptors (Lipinski definition) is 18. The number of nitrogens with zero attached hydrogens (tertiary/aromatic N) is 21. The SMILES string of the molecule is O=[N+]([O-])c1ccc2c(cnn2N(C(=[SH+])[SH2+])n2ncc3cc([N+](=O)[O-])ccc32)c1.O=[N+]([O-])c1ccc2c(cnn2N(C(=[SH+])[SH2+])n2ncc3cc([N+](=O)[O-])ccc32)c1.O=[N+]([O-])c1ccc2c(cnn2N(C(=[SH+])[SH2+])n2ncc3cc([N+](=O)[O-])ccc32)c1.[Rh+3]. The van der Waals surface area contributed by atoms with Gasteiger partial charge in [-0.2, -0.15) is 30.6 Å². The van der Waals surface area contributed by atoms with Gasteiger partial charge in [0, 0.05) is 105 Å². The van der Waals surface area contributed by atoms with Crippen molar-refractivity contribution in [2.24, 2.45) is 0 Å². The van der Waals surface area contributed by atoms with E-state index in [0.717, 1.165) is 0 Å².